The number of esters is 1. The quantitative estimate of drug-likeness (QED) is 0.419. The molecule has 22 heavy (non-hydrogen) atoms. The molecule has 0 saturated heterocycles. The van der Waals surface area contributed by atoms with Gasteiger partial charge in [0, 0.05) is 5.57 Å². The van der Waals surface area contributed by atoms with E-state index < -0.39 is 0 Å². The normalized spacial score (nSPS) is 11.3. The van der Waals surface area contributed by atoms with Crippen molar-refractivity contribution in [2.24, 2.45) is 0 Å². The molecule has 0 unspecified atom stereocenters. The fourth-order valence-corrected chi connectivity index (χ4v) is 2.08. The summed E-state index contributed by atoms with van der Waals surface area (Å²) in [5.41, 5.74) is 1.41. The van der Waals surface area contributed by atoms with Crippen LogP contribution in [0.25, 0.3) is 6.08 Å². The summed E-state index contributed by atoms with van der Waals surface area (Å²) in [6.07, 6.45) is 6.69. The molecule has 0 atom stereocenters. The van der Waals surface area contributed by atoms with Crippen LogP contribution in [0, 0.1) is 0 Å². The standard InChI is InChI=1S/C18H26O4/c1-4-6-7-8-11-22-18(20)15(5-2)12-14-9-10-16(19)17(13-14)21-3/h9-10,12-13,19H,4-8,11H2,1-3H3. The van der Waals surface area contributed by atoms with Gasteiger partial charge in [-0.3, -0.25) is 0 Å². The third kappa shape index (κ3) is 5.80. The topological polar surface area (TPSA) is 55.8 Å². The lowest BCUT2D eigenvalue weighted by Gasteiger charge is -2.08. The molecule has 0 aromatic heterocycles. The number of hydrogen-bond acceptors (Lipinski definition) is 4. The number of hydrogen-bond donors (Lipinski definition) is 1. The molecule has 1 rings (SSSR count). The van der Waals surface area contributed by atoms with E-state index in [1.807, 2.05) is 6.92 Å². The van der Waals surface area contributed by atoms with Gasteiger partial charge in [0.15, 0.2) is 11.5 Å². The Morgan fingerprint density at radius 1 is 1.23 bits per heavy atom. The van der Waals surface area contributed by atoms with Crippen molar-refractivity contribution in [1.29, 1.82) is 0 Å². The van der Waals surface area contributed by atoms with E-state index in [1.165, 1.54) is 13.5 Å². The molecule has 0 amide bonds. The molecule has 0 radical (unpaired) electrons. The summed E-state index contributed by atoms with van der Waals surface area (Å²) in [5, 5.41) is 9.59. The van der Waals surface area contributed by atoms with Crippen LogP contribution < -0.4 is 4.74 Å². The number of phenolic OH excluding ortho intramolecular Hbond substituents is 1. The van der Waals surface area contributed by atoms with Crippen molar-refractivity contribution in [3.8, 4) is 11.5 Å². The first kappa shape index (κ1) is 18.1. The Morgan fingerprint density at radius 2 is 2.00 bits per heavy atom. The van der Waals surface area contributed by atoms with Crippen LogP contribution >= 0.6 is 0 Å². The van der Waals surface area contributed by atoms with Crippen LogP contribution in [0.5, 0.6) is 11.5 Å². The number of ether oxygens (including phenoxy) is 2. The summed E-state index contributed by atoms with van der Waals surface area (Å²) in [5.74, 6) is 0.194. The second kappa shape index (κ2) is 9.87. The van der Waals surface area contributed by atoms with Crippen LogP contribution in [-0.4, -0.2) is 24.8 Å². The highest BCUT2D eigenvalue weighted by Crippen LogP contribution is 2.27. The minimum absolute atomic E-state index is 0.0798. The maximum absolute atomic E-state index is 12.1. The number of methoxy groups -OCH3 is 1. The first-order valence-corrected chi connectivity index (χ1v) is 7.87. The molecule has 0 spiro atoms. The van der Waals surface area contributed by atoms with Gasteiger partial charge < -0.3 is 14.6 Å². The molecule has 0 aliphatic carbocycles. The average Bonchev–Trinajstić information content (AvgIpc) is 2.53. The largest absolute Gasteiger partial charge is 0.504 e. The molecule has 122 valence electrons. The predicted molar refractivity (Wildman–Crippen MR) is 88.0 cm³/mol. The van der Waals surface area contributed by atoms with Crippen molar-refractivity contribution in [2.45, 2.75) is 46.0 Å². The highest BCUT2D eigenvalue weighted by molar-refractivity contribution is 5.93. The van der Waals surface area contributed by atoms with E-state index in [0.717, 1.165) is 24.8 Å². The lowest BCUT2D eigenvalue weighted by molar-refractivity contribution is -0.139. The zero-order valence-corrected chi connectivity index (χ0v) is 13.7. The number of carbonyl (C=O) groups is 1. The molecule has 0 saturated carbocycles. The maximum Gasteiger partial charge on any atom is 0.334 e. The number of aromatic hydroxyl groups is 1. The Labute approximate surface area is 132 Å². The number of phenols is 1. The van der Waals surface area contributed by atoms with Gasteiger partial charge in [0.2, 0.25) is 0 Å². The highest BCUT2D eigenvalue weighted by atomic mass is 16.5. The van der Waals surface area contributed by atoms with Gasteiger partial charge in [-0.2, -0.15) is 0 Å². The molecule has 1 aromatic carbocycles. The highest BCUT2D eigenvalue weighted by Gasteiger charge is 2.10. The maximum atomic E-state index is 12.1. The van der Waals surface area contributed by atoms with Gasteiger partial charge in [0.25, 0.3) is 0 Å². The lowest BCUT2D eigenvalue weighted by atomic mass is 10.1. The second-order valence-corrected chi connectivity index (χ2v) is 5.15. The minimum Gasteiger partial charge on any atom is -0.504 e. The molecule has 0 bridgehead atoms. The van der Waals surface area contributed by atoms with Crippen molar-refractivity contribution < 1.29 is 19.4 Å². The monoisotopic (exact) mass is 306 g/mol. The zero-order chi connectivity index (χ0) is 16.4. The third-order valence-corrected chi connectivity index (χ3v) is 3.42. The van der Waals surface area contributed by atoms with Crippen molar-refractivity contribution in [2.75, 3.05) is 13.7 Å². The molecule has 4 nitrogen and oxygen atoms in total. The first-order valence-electron chi connectivity index (χ1n) is 7.87. The van der Waals surface area contributed by atoms with Crippen LogP contribution in [0.15, 0.2) is 23.8 Å². The SMILES string of the molecule is CCCCCCOC(=O)C(=Cc1ccc(O)c(OC)c1)CC. The molecular formula is C18H26O4. The Hall–Kier alpha value is -1.97. The molecule has 1 N–H and O–H groups in total. The zero-order valence-electron chi connectivity index (χ0n) is 13.7. The minimum atomic E-state index is -0.272. The Morgan fingerprint density at radius 3 is 2.64 bits per heavy atom. The van der Waals surface area contributed by atoms with Gasteiger partial charge in [-0.1, -0.05) is 39.2 Å². The molecule has 0 aliphatic heterocycles. The molecule has 0 fully saturated rings. The second-order valence-electron chi connectivity index (χ2n) is 5.15. The Balaban J connectivity index is 2.67. The smallest absolute Gasteiger partial charge is 0.334 e. The molecular weight excluding hydrogens is 280 g/mol. The fraction of sp³-hybridized carbons (Fsp3) is 0.500. The predicted octanol–water partition coefficient (Wildman–Crippen LogP) is 4.32. The molecule has 4 heteroatoms. The number of unbranched alkanes of at least 4 members (excludes halogenated alkanes) is 3. The van der Waals surface area contributed by atoms with E-state index >= 15 is 0 Å². The van der Waals surface area contributed by atoms with E-state index in [-0.39, 0.29) is 11.7 Å². The van der Waals surface area contributed by atoms with E-state index in [2.05, 4.69) is 6.92 Å². The number of rotatable bonds is 9. The summed E-state index contributed by atoms with van der Waals surface area (Å²) < 4.78 is 10.4. The van der Waals surface area contributed by atoms with Gasteiger partial charge in [0.05, 0.1) is 13.7 Å². The van der Waals surface area contributed by atoms with Crippen LogP contribution in [-0.2, 0) is 9.53 Å². The van der Waals surface area contributed by atoms with Crippen LogP contribution in [0.4, 0.5) is 0 Å². The van der Waals surface area contributed by atoms with Gasteiger partial charge in [-0.15, -0.1) is 0 Å². The van der Waals surface area contributed by atoms with Crippen LogP contribution in [0.2, 0.25) is 0 Å². The van der Waals surface area contributed by atoms with Gasteiger partial charge in [-0.05, 0) is 36.6 Å². The van der Waals surface area contributed by atoms with Crippen molar-refractivity contribution in [3.05, 3.63) is 29.3 Å². The number of benzene rings is 1. The average molecular weight is 306 g/mol. The van der Waals surface area contributed by atoms with Gasteiger partial charge in [0.1, 0.15) is 0 Å². The van der Waals surface area contributed by atoms with E-state index in [4.69, 9.17) is 9.47 Å². The van der Waals surface area contributed by atoms with Gasteiger partial charge in [-0.25, -0.2) is 4.79 Å². The van der Waals surface area contributed by atoms with Crippen LogP contribution in [0.3, 0.4) is 0 Å². The molecule has 0 aliphatic rings. The summed E-state index contributed by atoms with van der Waals surface area (Å²) in [6, 6.07) is 4.98. The van der Waals surface area contributed by atoms with Crippen LogP contribution in [0.1, 0.15) is 51.5 Å². The summed E-state index contributed by atoms with van der Waals surface area (Å²) >= 11 is 0. The Bertz CT molecular complexity index is 506. The summed E-state index contributed by atoms with van der Waals surface area (Å²) in [6.45, 7) is 4.53. The Kier molecular flexibility index (Phi) is 8.11. The fourth-order valence-electron chi connectivity index (χ4n) is 2.08. The first-order chi connectivity index (χ1) is 10.6. The molecule has 0 heterocycles. The summed E-state index contributed by atoms with van der Waals surface area (Å²) in [4.78, 5) is 12.1. The van der Waals surface area contributed by atoms with Crippen molar-refractivity contribution in [1.82, 2.24) is 0 Å². The molecule has 1 aromatic rings. The van der Waals surface area contributed by atoms with E-state index in [9.17, 15) is 9.90 Å². The lowest BCUT2D eigenvalue weighted by Crippen LogP contribution is -2.08. The van der Waals surface area contributed by atoms with E-state index in [1.54, 1.807) is 24.3 Å². The van der Waals surface area contributed by atoms with Gasteiger partial charge >= 0.3 is 5.97 Å². The third-order valence-electron chi connectivity index (χ3n) is 3.42. The number of carbonyl (C=O) groups excluding carboxylic acids is 1. The van der Waals surface area contributed by atoms with E-state index in [0.29, 0.717) is 24.4 Å². The summed E-state index contributed by atoms with van der Waals surface area (Å²) in [7, 11) is 1.49. The van der Waals surface area contributed by atoms with Crippen molar-refractivity contribution in [3.63, 3.8) is 0 Å². The van der Waals surface area contributed by atoms with Crippen molar-refractivity contribution >= 4 is 12.0 Å².